The summed E-state index contributed by atoms with van der Waals surface area (Å²) in [6, 6.07) is 7.06. The molecule has 1 amide bonds. The van der Waals surface area contributed by atoms with Gasteiger partial charge in [0, 0.05) is 16.6 Å². The fraction of sp³-hybridized carbons (Fsp3) is 0. The predicted molar refractivity (Wildman–Crippen MR) is 51.2 cm³/mol. The van der Waals surface area contributed by atoms with Crippen molar-refractivity contribution in [1.82, 2.24) is 4.98 Å². The largest absolute Gasteiger partial charge is 0.399 e. The van der Waals surface area contributed by atoms with Crippen molar-refractivity contribution in [2.75, 3.05) is 5.73 Å². The number of nitrogen functional groups attached to an aromatic ring is 1. The van der Waals surface area contributed by atoms with E-state index in [1.54, 1.807) is 18.2 Å². The van der Waals surface area contributed by atoms with Crippen molar-refractivity contribution in [3.8, 4) is 0 Å². The van der Waals surface area contributed by atoms with E-state index >= 15 is 0 Å². The van der Waals surface area contributed by atoms with Crippen LogP contribution in [-0.4, -0.2) is 10.9 Å². The summed E-state index contributed by atoms with van der Waals surface area (Å²) in [7, 11) is 0. The molecule has 1 heterocycles. The number of nitrogens with one attached hydrogen (secondary N) is 1. The third-order valence-corrected chi connectivity index (χ3v) is 1.91. The Morgan fingerprint density at radius 2 is 2.08 bits per heavy atom. The molecule has 0 aliphatic heterocycles. The molecule has 0 radical (unpaired) electrons. The van der Waals surface area contributed by atoms with E-state index in [-0.39, 0.29) is 0 Å². The number of amides is 1. The molecule has 66 valence electrons. The lowest BCUT2D eigenvalue weighted by Gasteiger charge is -1.90. The zero-order valence-electron chi connectivity index (χ0n) is 6.87. The van der Waals surface area contributed by atoms with E-state index in [2.05, 4.69) is 4.98 Å². The van der Waals surface area contributed by atoms with Gasteiger partial charge in [-0.1, -0.05) is 0 Å². The van der Waals surface area contributed by atoms with Gasteiger partial charge in [0.2, 0.25) is 0 Å². The molecular weight excluding hydrogens is 166 g/mol. The molecule has 1 aromatic carbocycles. The summed E-state index contributed by atoms with van der Waals surface area (Å²) in [5, 5.41) is 0.897. The zero-order valence-corrected chi connectivity index (χ0v) is 6.87. The molecule has 0 aliphatic rings. The summed E-state index contributed by atoms with van der Waals surface area (Å²) in [6.45, 7) is 0. The molecule has 5 N–H and O–H groups in total. The molecule has 0 spiro atoms. The number of hydrogen-bond acceptors (Lipinski definition) is 2. The molecule has 4 nitrogen and oxygen atoms in total. The highest BCUT2D eigenvalue weighted by atomic mass is 16.1. The topological polar surface area (TPSA) is 84.9 Å². The molecule has 0 saturated carbocycles. The first kappa shape index (κ1) is 7.67. The van der Waals surface area contributed by atoms with Gasteiger partial charge in [-0.15, -0.1) is 0 Å². The van der Waals surface area contributed by atoms with Crippen LogP contribution in [0.5, 0.6) is 0 Å². The highest BCUT2D eigenvalue weighted by Gasteiger charge is 2.04. The summed E-state index contributed by atoms with van der Waals surface area (Å²) in [5.74, 6) is -0.463. The van der Waals surface area contributed by atoms with E-state index < -0.39 is 5.91 Å². The molecule has 0 unspecified atom stereocenters. The second-order valence-electron chi connectivity index (χ2n) is 2.89. The molecule has 0 fully saturated rings. The minimum atomic E-state index is -0.463. The predicted octanol–water partition coefficient (Wildman–Crippen LogP) is 0.849. The molecule has 13 heavy (non-hydrogen) atoms. The number of aromatic amines is 1. The van der Waals surface area contributed by atoms with Crippen molar-refractivity contribution in [2.45, 2.75) is 0 Å². The van der Waals surface area contributed by atoms with Crippen LogP contribution in [0.15, 0.2) is 24.3 Å². The number of primary amides is 1. The minimum Gasteiger partial charge on any atom is -0.399 e. The van der Waals surface area contributed by atoms with Crippen LogP contribution in [0.25, 0.3) is 10.9 Å². The second-order valence-corrected chi connectivity index (χ2v) is 2.89. The van der Waals surface area contributed by atoms with Crippen molar-refractivity contribution in [1.29, 1.82) is 0 Å². The molecule has 4 heteroatoms. The summed E-state index contributed by atoms with van der Waals surface area (Å²) in [5.41, 5.74) is 12.6. The first-order valence-electron chi connectivity index (χ1n) is 3.85. The van der Waals surface area contributed by atoms with E-state index in [0.29, 0.717) is 11.4 Å². The van der Waals surface area contributed by atoms with Crippen molar-refractivity contribution >= 4 is 22.5 Å². The van der Waals surface area contributed by atoms with Gasteiger partial charge in [0.05, 0.1) is 0 Å². The Kier molecular flexibility index (Phi) is 1.48. The summed E-state index contributed by atoms with van der Waals surface area (Å²) < 4.78 is 0. The molecule has 2 rings (SSSR count). The monoisotopic (exact) mass is 175 g/mol. The Hall–Kier alpha value is -1.97. The van der Waals surface area contributed by atoms with E-state index in [4.69, 9.17) is 11.5 Å². The lowest BCUT2D eigenvalue weighted by molar-refractivity contribution is 0.0996. The number of H-pyrrole nitrogens is 1. The number of anilines is 1. The Morgan fingerprint density at radius 3 is 2.77 bits per heavy atom. The zero-order chi connectivity index (χ0) is 9.42. The van der Waals surface area contributed by atoms with Gasteiger partial charge in [0.1, 0.15) is 5.69 Å². The van der Waals surface area contributed by atoms with Crippen molar-refractivity contribution in [3.05, 3.63) is 30.0 Å². The maximum atomic E-state index is 10.8. The van der Waals surface area contributed by atoms with Crippen molar-refractivity contribution in [3.63, 3.8) is 0 Å². The molecule has 1 aromatic heterocycles. The lowest BCUT2D eigenvalue weighted by atomic mass is 10.2. The number of hydrogen-bond donors (Lipinski definition) is 3. The fourth-order valence-electron chi connectivity index (χ4n) is 1.28. The van der Waals surface area contributed by atoms with Crippen molar-refractivity contribution in [2.24, 2.45) is 5.73 Å². The standard InChI is InChI=1S/C9H9N3O/c10-6-1-2-7-5(3-6)4-8(12-7)9(11)13/h1-4,12H,10H2,(H2,11,13). The summed E-state index contributed by atoms with van der Waals surface area (Å²) in [4.78, 5) is 13.7. The Morgan fingerprint density at radius 1 is 1.31 bits per heavy atom. The first-order valence-corrected chi connectivity index (χ1v) is 3.85. The number of rotatable bonds is 1. The third-order valence-electron chi connectivity index (χ3n) is 1.91. The van der Waals surface area contributed by atoms with E-state index in [1.165, 1.54) is 0 Å². The van der Waals surface area contributed by atoms with Gasteiger partial charge in [-0.3, -0.25) is 4.79 Å². The normalized spacial score (nSPS) is 10.5. The van der Waals surface area contributed by atoms with Crippen LogP contribution in [0, 0.1) is 0 Å². The molecule has 0 atom stereocenters. The lowest BCUT2D eigenvalue weighted by Crippen LogP contribution is -2.10. The van der Waals surface area contributed by atoms with Crippen LogP contribution < -0.4 is 11.5 Å². The Balaban J connectivity index is 2.68. The van der Waals surface area contributed by atoms with Gasteiger partial charge in [-0.2, -0.15) is 0 Å². The van der Waals surface area contributed by atoms with Crippen LogP contribution in [0.2, 0.25) is 0 Å². The van der Waals surface area contributed by atoms with E-state index in [9.17, 15) is 4.79 Å². The maximum Gasteiger partial charge on any atom is 0.265 e. The SMILES string of the molecule is NC(=O)c1cc2cc(N)ccc2[nH]1. The van der Waals surface area contributed by atoms with Crippen molar-refractivity contribution < 1.29 is 4.79 Å². The van der Waals surface area contributed by atoms with Gasteiger partial charge >= 0.3 is 0 Å². The smallest absolute Gasteiger partial charge is 0.265 e. The summed E-state index contributed by atoms with van der Waals surface area (Å²) in [6.07, 6.45) is 0. The molecule has 0 bridgehead atoms. The second kappa shape index (κ2) is 2.52. The number of aromatic nitrogens is 1. The fourth-order valence-corrected chi connectivity index (χ4v) is 1.28. The molecule has 0 aliphatic carbocycles. The molecular formula is C9H9N3O. The molecule has 2 aromatic rings. The number of nitrogens with two attached hydrogens (primary N) is 2. The summed E-state index contributed by atoms with van der Waals surface area (Å²) >= 11 is 0. The average molecular weight is 175 g/mol. The van der Waals surface area contributed by atoms with Gasteiger partial charge in [0.15, 0.2) is 0 Å². The van der Waals surface area contributed by atoms with Gasteiger partial charge in [-0.05, 0) is 24.3 Å². The Labute approximate surface area is 74.5 Å². The Bertz CT molecular complexity index is 473. The van der Waals surface area contributed by atoms with Crippen LogP contribution >= 0.6 is 0 Å². The van der Waals surface area contributed by atoms with Gasteiger partial charge < -0.3 is 16.5 Å². The number of fused-ring (bicyclic) bond motifs is 1. The number of carbonyl (C=O) groups is 1. The van der Waals surface area contributed by atoms with Gasteiger partial charge in [0.25, 0.3) is 5.91 Å². The number of benzene rings is 1. The number of carbonyl (C=O) groups excluding carboxylic acids is 1. The molecule has 0 saturated heterocycles. The minimum absolute atomic E-state index is 0.403. The van der Waals surface area contributed by atoms with Crippen LogP contribution in [0.1, 0.15) is 10.5 Å². The van der Waals surface area contributed by atoms with Crippen LogP contribution in [0.4, 0.5) is 5.69 Å². The van der Waals surface area contributed by atoms with Crippen LogP contribution in [0.3, 0.4) is 0 Å². The van der Waals surface area contributed by atoms with E-state index in [0.717, 1.165) is 10.9 Å². The first-order chi connectivity index (χ1) is 6.16. The third kappa shape index (κ3) is 1.22. The quantitative estimate of drug-likeness (QED) is 0.561. The average Bonchev–Trinajstić information content (AvgIpc) is 2.46. The highest BCUT2D eigenvalue weighted by molar-refractivity contribution is 5.97. The highest BCUT2D eigenvalue weighted by Crippen LogP contribution is 2.17. The van der Waals surface area contributed by atoms with Crippen LogP contribution in [-0.2, 0) is 0 Å². The maximum absolute atomic E-state index is 10.8. The van der Waals surface area contributed by atoms with E-state index in [1.807, 2.05) is 6.07 Å². The van der Waals surface area contributed by atoms with Gasteiger partial charge in [-0.25, -0.2) is 0 Å².